The Morgan fingerprint density at radius 1 is 1.11 bits per heavy atom. The quantitative estimate of drug-likeness (QED) is 0.0959. The number of benzene rings is 3. The number of aliphatic carboxylic acids is 1. The van der Waals surface area contributed by atoms with Gasteiger partial charge in [0.15, 0.2) is 6.04 Å². The third kappa shape index (κ3) is 5.91. The fourth-order valence-electron chi connectivity index (χ4n) is 3.46. The third-order valence-electron chi connectivity index (χ3n) is 5.26. The summed E-state index contributed by atoms with van der Waals surface area (Å²) in [4.78, 5) is 28.1. The molecule has 4 aromatic rings. The van der Waals surface area contributed by atoms with Crippen molar-refractivity contribution in [3.05, 3.63) is 92.0 Å². The minimum atomic E-state index is -1.30. The summed E-state index contributed by atoms with van der Waals surface area (Å²) in [6, 6.07) is 20.1. The maximum Gasteiger partial charge on any atom is 0.330 e. The van der Waals surface area contributed by atoms with E-state index in [4.69, 9.17) is 4.74 Å². The monoisotopic (exact) mass is 614 g/mol. The van der Waals surface area contributed by atoms with Crippen LogP contribution in [0.15, 0.2) is 83.0 Å². The number of nitro groups is 1. The molecule has 0 spiro atoms. The summed E-state index contributed by atoms with van der Waals surface area (Å²) in [7, 11) is 1.59. The number of rotatable bonds is 9. The van der Waals surface area contributed by atoms with E-state index >= 15 is 0 Å². The van der Waals surface area contributed by atoms with E-state index in [-0.39, 0.29) is 22.8 Å². The van der Waals surface area contributed by atoms with Crippen LogP contribution in [-0.4, -0.2) is 34.1 Å². The number of aromatic nitrogens is 1. The van der Waals surface area contributed by atoms with Gasteiger partial charge in [-0.15, -0.1) is 5.11 Å². The summed E-state index contributed by atoms with van der Waals surface area (Å²) in [6.07, 6.45) is -0.170. The van der Waals surface area contributed by atoms with Gasteiger partial charge in [-0.25, -0.2) is 9.78 Å². The van der Waals surface area contributed by atoms with Crippen molar-refractivity contribution in [1.29, 1.82) is 0 Å². The highest BCUT2D eigenvalue weighted by Gasteiger charge is 2.23. The molecule has 1 heterocycles. The molecule has 3 aromatic carbocycles. The number of methoxy groups -OCH3 is 1. The van der Waals surface area contributed by atoms with E-state index in [1.165, 1.54) is 29.5 Å². The highest BCUT2D eigenvalue weighted by Crippen LogP contribution is 2.41. The van der Waals surface area contributed by atoms with Crippen LogP contribution < -0.4 is 4.74 Å². The average Bonchev–Trinajstić information content (AvgIpc) is 3.31. The average molecular weight is 614 g/mol. The molecular weight excluding hydrogens is 595 g/mol. The highest BCUT2D eigenvalue weighted by atomic mass is 127. The molecule has 4 rings (SSSR count). The Labute approximate surface area is 223 Å². The number of carboxylic acid groups (broad SMARTS) is 1. The van der Waals surface area contributed by atoms with Gasteiger partial charge >= 0.3 is 5.97 Å². The van der Waals surface area contributed by atoms with Crippen LogP contribution in [0.5, 0.6) is 5.75 Å². The van der Waals surface area contributed by atoms with Gasteiger partial charge in [0.1, 0.15) is 5.75 Å². The Bertz CT molecular complexity index is 1420. The molecule has 0 aliphatic heterocycles. The van der Waals surface area contributed by atoms with Gasteiger partial charge in [-0.1, -0.05) is 41.7 Å². The smallest absolute Gasteiger partial charge is 0.330 e. The van der Waals surface area contributed by atoms with Crippen molar-refractivity contribution in [1.82, 2.24) is 4.98 Å². The van der Waals surface area contributed by atoms with Crippen molar-refractivity contribution < 1.29 is 19.6 Å². The van der Waals surface area contributed by atoms with Crippen molar-refractivity contribution in [3.63, 3.8) is 0 Å². The molecule has 0 bridgehead atoms. The Balaban J connectivity index is 1.69. The molecule has 1 aromatic heterocycles. The van der Waals surface area contributed by atoms with Gasteiger partial charge in [-0.2, -0.15) is 5.11 Å². The molecular formula is C25H19IN4O5S. The topological polar surface area (TPSA) is 127 Å². The van der Waals surface area contributed by atoms with Crippen molar-refractivity contribution in [3.8, 4) is 27.4 Å². The molecule has 36 heavy (non-hydrogen) atoms. The number of hydrogen-bond donors (Lipinski definition) is 1. The standard InChI is InChI=1S/C25H19IN4O5S/c1-35-19-12-8-15(9-13-19)22-23(16-6-10-18(26)11-7-16)36-25(27-22)29-28-20(24(31)32)14-17-4-2-3-5-21(17)30(33)34/h2-13,20H,14H2,1H3,(H,31,32). The van der Waals surface area contributed by atoms with Crippen LogP contribution in [0.25, 0.3) is 21.7 Å². The Hall–Kier alpha value is -3.71. The zero-order valence-electron chi connectivity index (χ0n) is 18.9. The van der Waals surface area contributed by atoms with Crippen molar-refractivity contribution >= 4 is 50.7 Å². The van der Waals surface area contributed by atoms with E-state index < -0.39 is 16.9 Å². The molecule has 11 heteroatoms. The van der Waals surface area contributed by atoms with Gasteiger partial charge in [0, 0.05) is 27.2 Å². The summed E-state index contributed by atoms with van der Waals surface area (Å²) in [5, 5.41) is 29.4. The van der Waals surface area contributed by atoms with Crippen LogP contribution in [0.1, 0.15) is 5.56 Å². The van der Waals surface area contributed by atoms with E-state index in [0.717, 1.165) is 19.6 Å². The zero-order chi connectivity index (χ0) is 25.7. The van der Waals surface area contributed by atoms with Gasteiger partial charge < -0.3 is 9.84 Å². The van der Waals surface area contributed by atoms with Crippen molar-refractivity contribution in [2.75, 3.05) is 7.11 Å². The van der Waals surface area contributed by atoms with E-state index in [9.17, 15) is 20.0 Å². The molecule has 1 unspecified atom stereocenters. The molecule has 0 aliphatic rings. The largest absolute Gasteiger partial charge is 0.497 e. The maximum absolute atomic E-state index is 11.9. The van der Waals surface area contributed by atoms with Gasteiger partial charge in [-0.05, 0) is 64.6 Å². The third-order valence-corrected chi connectivity index (χ3v) is 6.96. The number of para-hydroxylation sites is 1. The van der Waals surface area contributed by atoms with Gasteiger partial charge in [0.05, 0.1) is 22.6 Å². The van der Waals surface area contributed by atoms with Gasteiger partial charge in [0.25, 0.3) is 5.69 Å². The van der Waals surface area contributed by atoms with Gasteiger partial charge in [0.2, 0.25) is 5.13 Å². The Morgan fingerprint density at radius 2 is 1.78 bits per heavy atom. The Kier molecular flexibility index (Phi) is 8.00. The summed E-state index contributed by atoms with van der Waals surface area (Å²) in [5.41, 5.74) is 2.58. The SMILES string of the molecule is COc1ccc(-c2nc(N=NC(Cc3ccccc3[N+](=O)[O-])C(=O)O)sc2-c2ccc(I)cc2)cc1. The first kappa shape index (κ1) is 25.4. The predicted molar refractivity (Wildman–Crippen MR) is 145 cm³/mol. The lowest BCUT2D eigenvalue weighted by Crippen LogP contribution is -2.20. The fourth-order valence-corrected chi connectivity index (χ4v) is 4.74. The molecule has 182 valence electrons. The molecule has 9 nitrogen and oxygen atoms in total. The lowest BCUT2D eigenvalue weighted by atomic mass is 10.0. The van der Waals surface area contributed by atoms with E-state index in [2.05, 4.69) is 37.8 Å². The number of nitro benzene ring substituents is 1. The minimum Gasteiger partial charge on any atom is -0.497 e. The highest BCUT2D eigenvalue weighted by molar-refractivity contribution is 14.1. The first-order valence-corrected chi connectivity index (χ1v) is 12.5. The molecule has 1 N–H and O–H groups in total. The fraction of sp³-hybridized carbons (Fsp3) is 0.120. The number of ether oxygens (including phenoxy) is 1. The molecule has 0 radical (unpaired) electrons. The van der Waals surface area contributed by atoms with Crippen LogP contribution in [-0.2, 0) is 11.2 Å². The van der Waals surface area contributed by atoms with Crippen molar-refractivity contribution in [2.24, 2.45) is 10.2 Å². The summed E-state index contributed by atoms with van der Waals surface area (Å²) < 4.78 is 6.34. The van der Waals surface area contributed by atoms with Crippen LogP contribution in [0, 0.1) is 13.7 Å². The number of hydrogen-bond acceptors (Lipinski definition) is 8. The number of thiazole rings is 1. The second-order valence-electron chi connectivity index (χ2n) is 7.57. The van der Waals surface area contributed by atoms with E-state index in [1.54, 1.807) is 13.2 Å². The van der Waals surface area contributed by atoms with E-state index in [0.29, 0.717) is 11.4 Å². The molecule has 0 aliphatic carbocycles. The number of nitrogens with zero attached hydrogens (tertiary/aromatic N) is 4. The molecule has 0 fully saturated rings. The van der Waals surface area contributed by atoms with Crippen LogP contribution >= 0.6 is 33.9 Å². The van der Waals surface area contributed by atoms with Gasteiger partial charge in [-0.3, -0.25) is 10.1 Å². The molecule has 0 saturated heterocycles. The number of azo groups is 1. The molecule has 0 amide bonds. The Morgan fingerprint density at radius 3 is 2.42 bits per heavy atom. The lowest BCUT2D eigenvalue weighted by Gasteiger charge is -2.06. The summed E-state index contributed by atoms with van der Waals surface area (Å²) in [6.45, 7) is 0. The maximum atomic E-state index is 11.9. The number of halogens is 1. The second-order valence-corrected chi connectivity index (χ2v) is 9.79. The molecule has 0 saturated carbocycles. The van der Waals surface area contributed by atoms with Crippen molar-refractivity contribution in [2.45, 2.75) is 12.5 Å². The predicted octanol–water partition coefficient (Wildman–Crippen LogP) is 6.78. The molecule has 1 atom stereocenters. The summed E-state index contributed by atoms with van der Waals surface area (Å²) >= 11 is 3.52. The zero-order valence-corrected chi connectivity index (χ0v) is 21.8. The first-order valence-electron chi connectivity index (χ1n) is 10.6. The van der Waals surface area contributed by atoms with Crippen LogP contribution in [0.3, 0.4) is 0 Å². The first-order chi connectivity index (χ1) is 17.4. The number of carbonyl (C=O) groups is 1. The minimum absolute atomic E-state index is 0.156. The van der Waals surface area contributed by atoms with Crippen LogP contribution in [0.4, 0.5) is 10.8 Å². The number of carboxylic acids is 1. The lowest BCUT2D eigenvalue weighted by molar-refractivity contribution is -0.385. The van der Waals surface area contributed by atoms with Crippen LogP contribution in [0.2, 0.25) is 0 Å². The summed E-state index contributed by atoms with van der Waals surface area (Å²) in [5.74, 6) is -0.522. The second kappa shape index (κ2) is 11.4. The van der Waals surface area contributed by atoms with E-state index in [1.807, 2.05) is 48.5 Å². The normalized spacial score (nSPS) is 11.9.